The van der Waals surface area contributed by atoms with E-state index in [4.69, 9.17) is 16.3 Å². The summed E-state index contributed by atoms with van der Waals surface area (Å²) in [7, 11) is 0. The molecule has 158 valence electrons. The monoisotopic (exact) mass is 490 g/mol. The molecule has 1 fully saturated rings. The van der Waals surface area contributed by atoms with Crippen molar-refractivity contribution >= 4 is 44.4 Å². The first-order valence-corrected chi connectivity index (χ1v) is 11.3. The van der Waals surface area contributed by atoms with Gasteiger partial charge >= 0.3 is 5.97 Å². The lowest BCUT2D eigenvalue weighted by atomic mass is 10.0. The van der Waals surface area contributed by atoms with Crippen LogP contribution in [0, 0.1) is 6.92 Å². The minimum atomic E-state index is -0.384. The van der Waals surface area contributed by atoms with Crippen LogP contribution in [-0.4, -0.2) is 40.2 Å². The Morgan fingerprint density at radius 1 is 1.27 bits per heavy atom. The molecular weight excluding hydrogens is 468 g/mol. The van der Waals surface area contributed by atoms with E-state index in [0.29, 0.717) is 21.6 Å². The summed E-state index contributed by atoms with van der Waals surface area (Å²) in [4.78, 5) is 15.3. The Morgan fingerprint density at radius 2 is 2.00 bits per heavy atom. The van der Waals surface area contributed by atoms with Crippen molar-refractivity contribution in [1.82, 2.24) is 9.47 Å². The summed E-state index contributed by atoms with van der Waals surface area (Å²) in [6.07, 6.45) is 2.29. The van der Waals surface area contributed by atoms with E-state index in [9.17, 15) is 9.90 Å². The summed E-state index contributed by atoms with van der Waals surface area (Å²) in [5.41, 5.74) is 3.67. The van der Waals surface area contributed by atoms with Gasteiger partial charge in [-0.1, -0.05) is 17.7 Å². The van der Waals surface area contributed by atoms with Gasteiger partial charge in [0.05, 0.1) is 22.2 Å². The zero-order chi connectivity index (χ0) is 21.4. The normalized spacial score (nSPS) is 14.5. The van der Waals surface area contributed by atoms with Crippen LogP contribution in [-0.2, 0) is 11.3 Å². The zero-order valence-electron chi connectivity index (χ0n) is 17.0. The summed E-state index contributed by atoms with van der Waals surface area (Å²) in [5.74, 6) is -0.214. The zero-order valence-corrected chi connectivity index (χ0v) is 19.4. The van der Waals surface area contributed by atoms with Crippen molar-refractivity contribution in [2.75, 3.05) is 19.7 Å². The molecule has 1 saturated heterocycles. The number of hydrogen-bond acceptors (Lipinski definition) is 4. The fourth-order valence-electron chi connectivity index (χ4n) is 4.33. The molecule has 4 rings (SSSR count). The first kappa shape index (κ1) is 21.2. The number of hydrogen-bond donors (Lipinski definition) is 1. The fraction of sp³-hybridized carbons (Fsp3) is 0.348. The van der Waals surface area contributed by atoms with Crippen molar-refractivity contribution in [3.05, 3.63) is 56.6 Å². The SMILES string of the molecule is CCOC(=O)c1c(C)n(-c2cccc(Cl)c2)c2cc(Br)c(O)c(CN3CCCC3)c12. The molecule has 1 aliphatic heterocycles. The minimum Gasteiger partial charge on any atom is -0.506 e. The predicted molar refractivity (Wildman–Crippen MR) is 123 cm³/mol. The molecule has 1 N–H and O–H groups in total. The molecule has 7 heteroatoms. The maximum absolute atomic E-state index is 13.0. The first-order valence-electron chi connectivity index (χ1n) is 10.1. The van der Waals surface area contributed by atoms with E-state index in [1.165, 1.54) is 0 Å². The molecule has 0 bridgehead atoms. The molecule has 0 unspecified atom stereocenters. The number of nitrogens with zero attached hydrogens (tertiary/aromatic N) is 2. The van der Waals surface area contributed by atoms with Gasteiger partial charge in [0.25, 0.3) is 0 Å². The third kappa shape index (κ3) is 3.72. The predicted octanol–water partition coefficient (Wildman–Crippen LogP) is 5.83. The summed E-state index contributed by atoms with van der Waals surface area (Å²) < 4.78 is 8.00. The number of carbonyl (C=O) groups is 1. The lowest BCUT2D eigenvalue weighted by Crippen LogP contribution is -2.19. The molecular formula is C23H24BrClN2O3. The molecule has 0 atom stereocenters. The molecule has 0 aliphatic carbocycles. The number of aromatic hydroxyl groups is 1. The van der Waals surface area contributed by atoms with Crippen molar-refractivity contribution in [3.8, 4) is 11.4 Å². The van der Waals surface area contributed by atoms with Gasteiger partial charge in [-0.15, -0.1) is 0 Å². The van der Waals surface area contributed by atoms with E-state index in [0.717, 1.165) is 53.8 Å². The standard InChI is InChI=1S/C23H24BrClN2O3/c1-3-30-23(29)20-14(2)27(16-8-6-7-15(25)11-16)19-12-18(24)22(28)17(21(19)20)13-26-9-4-5-10-26/h6-8,11-12,28H,3-5,9-10,13H2,1-2H3. The average Bonchev–Trinajstić information content (AvgIpc) is 3.31. The lowest BCUT2D eigenvalue weighted by Gasteiger charge is -2.18. The molecule has 0 radical (unpaired) electrons. The number of ether oxygens (including phenoxy) is 1. The highest BCUT2D eigenvalue weighted by Crippen LogP contribution is 2.41. The number of benzene rings is 2. The second kappa shape index (κ2) is 8.61. The Bertz CT molecular complexity index is 1120. The van der Waals surface area contributed by atoms with Crippen LogP contribution in [0.25, 0.3) is 16.6 Å². The molecule has 0 saturated carbocycles. The first-order chi connectivity index (χ1) is 14.4. The van der Waals surface area contributed by atoms with Crippen molar-refractivity contribution in [2.45, 2.75) is 33.2 Å². The van der Waals surface area contributed by atoms with E-state index < -0.39 is 0 Å². The molecule has 5 nitrogen and oxygen atoms in total. The number of phenols is 1. The number of esters is 1. The molecule has 2 heterocycles. The summed E-state index contributed by atoms with van der Waals surface area (Å²) in [6.45, 7) is 6.52. The van der Waals surface area contributed by atoms with Crippen molar-refractivity contribution in [3.63, 3.8) is 0 Å². The van der Waals surface area contributed by atoms with E-state index in [1.54, 1.807) is 6.92 Å². The number of fused-ring (bicyclic) bond motifs is 1. The van der Waals surface area contributed by atoms with Crippen LogP contribution in [0.5, 0.6) is 5.75 Å². The van der Waals surface area contributed by atoms with Crippen LogP contribution < -0.4 is 0 Å². The molecule has 0 spiro atoms. The van der Waals surface area contributed by atoms with Crippen LogP contribution in [0.4, 0.5) is 0 Å². The van der Waals surface area contributed by atoms with Crippen molar-refractivity contribution in [1.29, 1.82) is 0 Å². The Morgan fingerprint density at radius 3 is 2.67 bits per heavy atom. The van der Waals surface area contributed by atoms with Crippen LogP contribution in [0.2, 0.25) is 5.02 Å². The largest absolute Gasteiger partial charge is 0.506 e. The Labute approximate surface area is 189 Å². The number of rotatable bonds is 5. The molecule has 0 amide bonds. The second-order valence-corrected chi connectivity index (χ2v) is 8.85. The number of likely N-dealkylation sites (tertiary alicyclic amines) is 1. The number of halogens is 2. The molecule has 2 aromatic carbocycles. The van der Waals surface area contributed by atoms with Gasteiger partial charge in [0.15, 0.2) is 0 Å². The van der Waals surface area contributed by atoms with Crippen LogP contribution >= 0.6 is 27.5 Å². The fourth-order valence-corrected chi connectivity index (χ4v) is 4.97. The van der Waals surface area contributed by atoms with Crippen LogP contribution in [0.3, 0.4) is 0 Å². The molecule has 1 aromatic heterocycles. The maximum Gasteiger partial charge on any atom is 0.340 e. The number of aromatic nitrogens is 1. The Balaban J connectivity index is 2.04. The highest BCUT2D eigenvalue weighted by molar-refractivity contribution is 9.10. The topological polar surface area (TPSA) is 54.7 Å². The molecule has 3 aromatic rings. The number of carbonyl (C=O) groups excluding carboxylic acids is 1. The van der Waals surface area contributed by atoms with E-state index in [2.05, 4.69) is 20.8 Å². The van der Waals surface area contributed by atoms with E-state index >= 15 is 0 Å². The molecule has 30 heavy (non-hydrogen) atoms. The highest BCUT2D eigenvalue weighted by atomic mass is 79.9. The van der Waals surface area contributed by atoms with Gasteiger partial charge in [0, 0.05) is 33.9 Å². The summed E-state index contributed by atoms with van der Waals surface area (Å²) in [6, 6.07) is 9.37. The Kier molecular flexibility index (Phi) is 6.09. The van der Waals surface area contributed by atoms with Gasteiger partial charge in [-0.2, -0.15) is 0 Å². The van der Waals surface area contributed by atoms with Gasteiger partial charge < -0.3 is 14.4 Å². The quantitative estimate of drug-likeness (QED) is 0.456. The van der Waals surface area contributed by atoms with Crippen LogP contribution in [0.1, 0.15) is 41.4 Å². The third-order valence-corrected chi connectivity index (χ3v) is 6.49. The number of phenolic OH excluding ortho intramolecular Hbond substituents is 1. The third-order valence-electron chi connectivity index (χ3n) is 5.65. The smallest absolute Gasteiger partial charge is 0.340 e. The van der Waals surface area contributed by atoms with Gasteiger partial charge in [-0.3, -0.25) is 4.90 Å². The van der Waals surface area contributed by atoms with Crippen LogP contribution in [0.15, 0.2) is 34.8 Å². The van der Waals surface area contributed by atoms with Gasteiger partial charge in [0.2, 0.25) is 0 Å². The van der Waals surface area contributed by atoms with Gasteiger partial charge in [-0.25, -0.2) is 4.79 Å². The van der Waals surface area contributed by atoms with Crippen molar-refractivity contribution < 1.29 is 14.6 Å². The second-order valence-electron chi connectivity index (χ2n) is 7.56. The summed E-state index contributed by atoms with van der Waals surface area (Å²) >= 11 is 9.77. The highest BCUT2D eigenvalue weighted by Gasteiger charge is 2.28. The van der Waals surface area contributed by atoms with Gasteiger partial charge in [-0.05, 0) is 80.0 Å². The molecule has 1 aliphatic rings. The Hall–Kier alpha value is -2.02. The maximum atomic E-state index is 13.0. The minimum absolute atomic E-state index is 0.170. The van der Waals surface area contributed by atoms with Gasteiger partial charge in [0.1, 0.15) is 5.75 Å². The van der Waals surface area contributed by atoms with E-state index in [1.807, 2.05) is 41.8 Å². The van der Waals surface area contributed by atoms with Crippen molar-refractivity contribution in [2.24, 2.45) is 0 Å². The lowest BCUT2D eigenvalue weighted by molar-refractivity contribution is 0.0527. The summed E-state index contributed by atoms with van der Waals surface area (Å²) in [5, 5.41) is 12.3. The average molecular weight is 492 g/mol. The van der Waals surface area contributed by atoms with E-state index in [-0.39, 0.29) is 18.3 Å².